The van der Waals surface area contributed by atoms with E-state index in [0.29, 0.717) is 0 Å². The highest BCUT2D eigenvalue weighted by molar-refractivity contribution is 5.96. The molecule has 0 unspecified atom stereocenters. The van der Waals surface area contributed by atoms with Gasteiger partial charge in [0.15, 0.2) is 6.61 Å². The molecule has 3 amide bonds. The molecule has 0 aliphatic heterocycles. The molecule has 3 N–H and O–H groups in total. The number of aromatic nitrogens is 1. The summed E-state index contributed by atoms with van der Waals surface area (Å²) >= 11 is 0. The minimum atomic E-state index is -0.664. The zero-order valence-electron chi connectivity index (χ0n) is 13.7. The molecule has 24 heavy (non-hydrogen) atoms. The number of hydrogen-bond donors (Lipinski definition) is 3. The van der Waals surface area contributed by atoms with E-state index in [-0.39, 0.29) is 12.5 Å². The molecule has 128 valence electrons. The lowest BCUT2D eigenvalue weighted by atomic mass is 10.1. The van der Waals surface area contributed by atoms with Crippen molar-refractivity contribution in [2.75, 3.05) is 6.61 Å². The Morgan fingerprint density at radius 2 is 2.00 bits per heavy atom. The molecule has 0 aliphatic carbocycles. The zero-order chi connectivity index (χ0) is 17.5. The van der Waals surface area contributed by atoms with Crippen LogP contribution in [0.15, 0.2) is 30.5 Å². The third-order valence-corrected chi connectivity index (χ3v) is 3.62. The second-order valence-corrected chi connectivity index (χ2v) is 5.53. The van der Waals surface area contributed by atoms with E-state index in [1.165, 1.54) is 0 Å². The monoisotopic (exact) mass is 331 g/mol. The Morgan fingerprint density at radius 1 is 1.25 bits per heavy atom. The largest absolute Gasteiger partial charge is 0.455 e. The molecule has 0 aliphatic rings. The van der Waals surface area contributed by atoms with Crippen LogP contribution in [-0.4, -0.2) is 35.5 Å². The van der Waals surface area contributed by atoms with Gasteiger partial charge in [-0.05, 0) is 25.0 Å². The number of imide groups is 1. The first kappa shape index (κ1) is 17.5. The molecule has 2 rings (SSSR count). The van der Waals surface area contributed by atoms with Gasteiger partial charge in [0.2, 0.25) is 0 Å². The predicted octanol–water partition coefficient (Wildman–Crippen LogP) is 1.88. The summed E-state index contributed by atoms with van der Waals surface area (Å²) in [5, 5.41) is 5.64. The van der Waals surface area contributed by atoms with Gasteiger partial charge in [0.05, 0.1) is 6.42 Å². The number of para-hydroxylation sites is 1. The van der Waals surface area contributed by atoms with Crippen molar-refractivity contribution in [1.82, 2.24) is 15.6 Å². The Balaban J connectivity index is 1.78. The van der Waals surface area contributed by atoms with E-state index in [4.69, 9.17) is 4.74 Å². The summed E-state index contributed by atoms with van der Waals surface area (Å²) in [7, 11) is 0. The highest BCUT2D eigenvalue weighted by atomic mass is 16.5. The molecule has 0 saturated heterocycles. The fourth-order valence-corrected chi connectivity index (χ4v) is 2.16. The molecule has 1 aromatic heterocycles. The number of amides is 3. The molecule has 0 radical (unpaired) electrons. The van der Waals surface area contributed by atoms with E-state index in [1.807, 2.05) is 38.1 Å². The number of hydrogen-bond acceptors (Lipinski definition) is 4. The molecule has 1 atom stereocenters. The standard InChI is InChI=1S/C17H21N3O4/c1-3-11(2)19-17(23)20-15(21)10-24-16(22)8-12-9-18-14-7-5-4-6-13(12)14/h4-7,9,11,18H,3,8,10H2,1-2H3,(H2,19,20,21,23)/t11-/m0/s1. The van der Waals surface area contributed by atoms with Crippen molar-refractivity contribution >= 4 is 28.8 Å². The number of aromatic amines is 1. The Morgan fingerprint density at radius 3 is 2.75 bits per heavy atom. The maximum atomic E-state index is 11.9. The molecule has 1 heterocycles. The lowest BCUT2D eigenvalue weighted by molar-refractivity contribution is -0.147. The van der Waals surface area contributed by atoms with Crippen molar-refractivity contribution in [3.63, 3.8) is 0 Å². The van der Waals surface area contributed by atoms with Crippen molar-refractivity contribution in [1.29, 1.82) is 0 Å². The van der Waals surface area contributed by atoms with Gasteiger partial charge >= 0.3 is 12.0 Å². The summed E-state index contributed by atoms with van der Waals surface area (Å²) in [4.78, 5) is 38.0. The van der Waals surface area contributed by atoms with Gasteiger partial charge in [-0.25, -0.2) is 4.79 Å². The van der Waals surface area contributed by atoms with Gasteiger partial charge in [0.1, 0.15) is 0 Å². The SMILES string of the molecule is CC[C@H](C)NC(=O)NC(=O)COC(=O)Cc1c[nH]c2ccccc12. The minimum absolute atomic E-state index is 0.0396. The molecule has 0 bridgehead atoms. The molecule has 2 aromatic rings. The number of benzene rings is 1. The fourth-order valence-electron chi connectivity index (χ4n) is 2.16. The molecule has 0 fully saturated rings. The normalized spacial score (nSPS) is 11.8. The van der Waals surface area contributed by atoms with Crippen LogP contribution in [0.25, 0.3) is 10.9 Å². The Labute approximate surface area is 139 Å². The first-order chi connectivity index (χ1) is 11.5. The Kier molecular flexibility index (Phi) is 5.95. The lowest BCUT2D eigenvalue weighted by Crippen LogP contribution is -2.44. The number of carbonyl (C=O) groups excluding carboxylic acids is 3. The van der Waals surface area contributed by atoms with Crippen LogP contribution in [0.1, 0.15) is 25.8 Å². The maximum absolute atomic E-state index is 11.9. The summed E-state index contributed by atoms with van der Waals surface area (Å²) in [6.45, 7) is 3.25. The molecule has 0 spiro atoms. The number of urea groups is 1. The summed E-state index contributed by atoms with van der Waals surface area (Å²) in [5.41, 5.74) is 1.73. The number of esters is 1. The van der Waals surface area contributed by atoms with Gasteiger partial charge in [-0.2, -0.15) is 0 Å². The fraction of sp³-hybridized carbons (Fsp3) is 0.353. The summed E-state index contributed by atoms with van der Waals surface area (Å²) in [5.74, 6) is -1.19. The van der Waals surface area contributed by atoms with Crippen LogP contribution in [0.3, 0.4) is 0 Å². The number of nitrogens with one attached hydrogen (secondary N) is 3. The maximum Gasteiger partial charge on any atom is 0.321 e. The number of rotatable bonds is 6. The molecule has 1 aromatic carbocycles. The predicted molar refractivity (Wildman–Crippen MR) is 89.4 cm³/mol. The van der Waals surface area contributed by atoms with Crippen molar-refractivity contribution in [2.45, 2.75) is 32.7 Å². The molecule has 0 saturated carbocycles. The summed E-state index contributed by atoms with van der Waals surface area (Å²) in [6, 6.07) is 6.96. The van der Waals surface area contributed by atoms with Crippen molar-refractivity contribution in [2.24, 2.45) is 0 Å². The van der Waals surface area contributed by atoms with Gasteiger partial charge < -0.3 is 15.0 Å². The highest BCUT2D eigenvalue weighted by Gasteiger charge is 2.14. The smallest absolute Gasteiger partial charge is 0.321 e. The number of carbonyl (C=O) groups is 3. The van der Waals surface area contributed by atoms with Crippen LogP contribution < -0.4 is 10.6 Å². The van der Waals surface area contributed by atoms with Crippen LogP contribution in [0.4, 0.5) is 4.79 Å². The molecule has 7 nitrogen and oxygen atoms in total. The van der Waals surface area contributed by atoms with E-state index >= 15 is 0 Å². The molecule has 7 heteroatoms. The highest BCUT2D eigenvalue weighted by Crippen LogP contribution is 2.18. The van der Waals surface area contributed by atoms with Gasteiger partial charge in [-0.3, -0.25) is 14.9 Å². The third kappa shape index (κ3) is 4.84. The van der Waals surface area contributed by atoms with E-state index in [1.54, 1.807) is 6.20 Å². The van der Waals surface area contributed by atoms with E-state index in [0.717, 1.165) is 22.9 Å². The van der Waals surface area contributed by atoms with Gasteiger partial charge in [0.25, 0.3) is 5.91 Å². The van der Waals surface area contributed by atoms with E-state index in [9.17, 15) is 14.4 Å². The van der Waals surface area contributed by atoms with Gasteiger partial charge in [-0.1, -0.05) is 25.1 Å². The van der Waals surface area contributed by atoms with E-state index in [2.05, 4.69) is 15.6 Å². The average Bonchev–Trinajstić information content (AvgIpc) is 2.96. The second kappa shape index (κ2) is 8.14. The average molecular weight is 331 g/mol. The zero-order valence-corrected chi connectivity index (χ0v) is 13.7. The van der Waals surface area contributed by atoms with Crippen molar-refractivity contribution in [3.8, 4) is 0 Å². The van der Waals surface area contributed by atoms with Crippen LogP contribution in [0, 0.1) is 0 Å². The van der Waals surface area contributed by atoms with Crippen LogP contribution in [-0.2, 0) is 20.7 Å². The quantitative estimate of drug-likeness (QED) is 0.704. The van der Waals surface area contributed by atoms with Crippen LogP contribution >= 0.6 is 0 Å². The van der Waals surface area contributed by atoms with Gasteiger partial charge in [-0.15, -0.1) is 0 Å². The first-order valence-electron chi connectivity index (χ1n) is 7.80. The van der Waals surface area contributed by atoms with Crippen LogP contribution in [0.2, 0.25) is 0 Å². The second-order valence-electron chi connectivity index (χ2n) is 5.53. The lowest BCUT2D eigenvalue weighted by Gasteiger charge is -2.11. The van der Waals surface area contributed by atoms with E-state index < -0.39 is 24.5 Å². The third-order valence-electron chi connectivity index (χ3n) is 3.62. The molecular weight excluding hydrogens is 310 g/mol. The number of fused-ring (bicyclic) bond motifs is 1. The Hall–Kier alpha value is -2.83. The van der Waals surface area contributed by atoms with Gasteiger partial charge in [0, 0.05) is 23.1 Å². The van der Waals surface area contributed by atoms with Crippen molar-refractivity contribution in [3.05, 3.63) is 36.0 Å². The number of ether oxygens (including phenoxy) is 1. The number of H-pyrrole nitrogens is 1. The molecular formula is C17H21N3O4. The summed E-state index contributed by atoms with van der Waals surface area (Å²) in [6.07, 6.45) is 2.54. The topological polar surface area (TPSA) is 100 Å². The first-order valence-corrected chi connectivity index (χ1v) is 7.80. The van der Waals surface area contributed by atoms with Crippen LogP contribution in [0.5, 0.6) is 0 Å². The minimum Gasteiger partial charge on any atom is -0.455 e. The summed E-state index contributed by atoms with van der Waals surface area (Å²) < 4.78 is 4.91. The Bertz CT molecular complexity index is 738. The van der Waals surface area contributed by atoms with Crippen molar-refractivity contribution < 1.29 is 19.1 Å².